The van der Waals surface area contributed by atoms with Crippen LogP contribution in [-0.4, -0.2) is 51.3 Å². The van der Waals surface area contributed by atoms with Crippen LogP contribution in [0.5, 0.6) is 11.5 Å². The van der Waals surface area contributed by atoms with Crippen molar-refractivity contribution in [3.8, 4) is 11.5 Å². The van der Waals surface area contributed by atoms with Gasteiger partial charge in [-0.3, -0.25) is 9.98 Å². The molecule has 1 aromatic carbocycles. The molecule has 0 amide bonds. The van der Waals surface area contributed by atoms with E-state index in [1.54, 1.807) is 21.3 Å². The molecule has 1 aliphatic heterocycles. The first-order chi connectivity index (χ1) is 14.1. The molecule has 2 heterocycles. The van der Waals surface area contributed by atoms with E-state index in [1.165, 1.54) is 0 Å². The van der Waals surface area contributed by atoms with Gasteiger partial charge in [0.05, 0.1) is 32.1 Å². The van der Waals surface area contributed by atoms with Gasteiger partial charge in [-0.1, -0.05) is 12.1 Å². The van der Waals surface area contributed by atoms with Crippen LogP contribution in [0.25, 0.3) is 0 Å². The second kappa shape index (κ2) is 9.49. The topological polar surface area (TPSA) is 71.0 Å². The van der Waals surface area contributed by atoms with Gasteiger partial charge in [0.25, 0.3) is 0 Å². The third kappa shape index (κ3) is 4.72. The van der Waals surface area contributed by atoms with Crippen molar-refractivity contribution in [3.63, 3.8) is 0 Å². The molecule has 0 radical (unpaired) electrons. The van der Waals surface area contributed by atoms with Gasteiger partial charge in [-0.2, -0.15) is 0 Å². The molecular weight excluding hydrogens is 366 g/mol. The number of pyridine rings is 1. The van der Waals surface area contributed by atoms with Gasteiger partial charge in [0.2, 0.25) is 0 Å². The van der Waals surface area contributed by atoms with Crippen LogP contribution in [0.3, 0.4) is 0 Å². The summed E-state index contributed by atoms with van der Waals surface area (Å²) in [6.07, 6.45) is 2.88. The van der Waals surface area contributed by atoms with Crippen molar-refractivity contribution in [1.29, 1.82) is 0 Å². The smallest absolute Gasteiger partial charge is 0.191 e. The van der Waals surface area contributed by atoms with Gasteiger partial charge >= 0.3 is 0 Å². The summed E-state index contributed by atoms with van der Waals surface area (Å²) in [6.45, 7) is 6.50. The maximum absolute atomic E-state index is 5.51. The highest BCUT2D eigenvalue weighted by molar-refractivity contribution is 5.80. The van der Waals surface area contributed by atoms with E-state index in [-0.39, 0.29) is 0 Å². The highest BCUT2D eigenvalue weighted by atomic mass is 16.5. The first kappa shape index (κ1) is 20.8. The molecule has 7 heteroatoms. The van der Waals surface area contributed by atoms with Crippen LogP contribution in [-0.2, 0) is 6.54 Å². The Bertz CT molecular complexity index is 868. The quantitative estimate of drug-likeness (QED) is 0.577. The van der Waals surface area contributed by atoms with Crippen molar-refractivity contribution in [2.24, 2.45) is 4.99 Å². The number of para-hydroxylation sites is 2. The van der Waals surface area contributed by atoms with Crippen LogP contribution < -0.4 is 25.0 Å². The van der Waals surface area contributed by atoms with Crippen molar-refractivity contribution >= 4 is 11.6 Å². The van der Waals surface area contributed by atoms with Crippen LogP contribution >= 0.6 is 0 Å². The molecule has 3 rings (SSSR count). The molecule has 1 unspecified atom stereocenters. The fourth-order valence-corrected chi connectivity index (χ4v) is 3.79. The van der Waals surface area contributed by atoms with Gasteiger partial charge in [-0.15, -0.1) is 0 Å². The molecule has 2 aromatic rings. The Balaban J connectivity index is 1.59. The number of aryl methyl sites for hydroxylation is 1. The Morgan fingerprint density at radius 3 is 2.76 bits per heavy atom. The second-order valence-corrected chi connectivity index (χ2v) is 7.22. The van der Waals surface area contributed by atoms with E-state index in [0.717, 1.165) is 59.5 Å². The zero-order valence-corrected chi connectivity index (χ0v) is 18.0. The second-order valence-electron chi connectivity index (χ2n) is 7.22. The number of hydrogen-bond donors (Lipinski definition) is 2. The predicted molar refractivity (Wildman–Crippen MR) is 117 cm³/mol. The lowest BCUT2D eigenvalue weighted by Gasteiger charge is -2.22. The zero-order valence-electron chi connectivity index (χ0n) is 18.0. The number of methoxy groups -OCH3 is 2. The fraction of sp³-hybridized carbons (Fsp3) is 0.455. The third-order valence-corrected chi connectivity index (χ3v) is 5.35. The number of aromatic nitrogens is 1. The van der Waals surface area contributed by atoms with Crippen LogP contribution in [0.15, 0.2) is 35.5 Å². The number of nitrogens with one attached hydrogen (secondary N) is 2. The Morgan fingerprint density at radius 1 is 1.24 bits per heavy atom. The predicted octanol–water partition coefficient (Wildman–Crippen LogP) is 2.66. The van der Waals surface area contributed by atoms with E-state index in [0.29, 0.717) is 12.6 Å². The van der Waals surface area contributed by atoms with E-state index in [1.807, 2.05) is 38.2 Å². The van der Waals surface area contributed by atoms with Crippen LogP contribution in [0.2, 0.25) is 0 Å². The number of nitrogens with zero attached hydrogens (tertiary/aromatic N) is 3. The highest BCUT2D eigenvalue weighted by Crippen LogP contribution is 2.30. The Kier molecular flexibility index (Phi) is 6.80. The average Bonchev–Trinajstić information content (AvgIpc) is 3.20. The van der Waals surface area contributed by atoms with Gasteiger partial charge < -0.3 is 25.0 Å². The van der Waals surface area contributed by atoms with Gasteiger partial charge in [0.1, 0.15) is 11.5 Å². The van der Waals surface area contributed by atoms with Crippen LogP contribution in [0.4, 0.5) is 5.69 Å². The van der Waals surface area contributed by atoms with Crippen molar-refractivity contribution in [3.05, 3.63) is 47.3 Å². The van der Waals surface area contributed by atoms with Gasteiger partial charge in [-0.25, -0.2) is 0 Å². The average molecular weight is 398 g/mol. The summed E-state index contributed by atoms with van der Waals surface area (Å²) in [5, 5.41) is 6.91. The number of hydrogen-bond acceptors (Lipinski definition) is 5. The van der Waals surface area contributed by atoms with Crippen molar-refractivity contribution in [2.45, 2.75) is 32.9 Å². The number of guanidine groups is 1. The number of ether oxygens (including phenoxy) is 2. The molecule has 29 heavy (non-hydrogen) atoms. The number of anilines is 1. The molecule has 0 saturated carbocycles. The SMILES string of the molecule is CN=C(NCc1ncc(C)c(OC)c1C)NC1CCN(c2ccccc2OC)C1. The maximum Gasteiger partial charge on any atom is 0.191 e. The molecule has 156 valence electrons. The van der Waals surface area contributed by atoms with Gasteiger partial charge in [-0.05, 0) is 32.4 Å². The highest BCUT2D eigenvalue weighted by Gasteiger charge is 2.25. The maximum atomic E-state index is 5.51. The molecular formula is C22H31N5O2. The first-order valence-electron chi connectivity index (χ1n) is 9.91. The fourth-order valence-electron chi connectivity index (χ4n) is 3.79. The number of rotatable bonds is 6. The monoisotopic (exact) mass is 397 g/mol. The molecule has 2 N–H and O–H groups in total. The van der Waals surface area contributed by atoms with E-state index >= 15 is 0 Å². The minimum Gasteiger partial charge on any atom is -0.496 e. The third-order valence-electron chi connectivity index (χ3n) is 5.35. The Morgan fingerprint density at radius 2 is 2.03 bits per heavy atom. The first-order valence-corrected chi connectivity index (χ1v) is 9.91. The molecule has 1 fully saturated rings. The molecule has 7 nitrogen and oxygen atoms in total. The van der Waals surface area contributed by atoms with Crippen LogP contribution in [0.1, 0.15) is 23.2 Å². The van der Waals surface area contributed by atoms with E-state index < -0.39 is 0 Å². The minimum atomic E-state index is 0.313. The number of benzene rings is 1. The van der Waals surface area contributed by atoms with Crippen LogP contribution in [0, 0.1) is 13.8 Å². The standard InChI is InChI=1S/C22H31N5O2/c1-15-12-24-18(16(2)21(15)29-5)13-25-22(23-3)26-17-10-11-27(14-17)19-8-6-7-9-20(19)28-4/h6-9,12,17H,10-11,13-14H2,1-5H3,(H2,23,25,26). The molecule has 1 atom stereocenters. The Labute approximate surface area is 173 Å². The summed E-state index contributed by atoms with van der Waals surface area (Å²) in [7, 11) is 5.20. The summed E-state index contributed by atoms with van der Waals surface area (Å²) in [4.78, 5) is 11.3. The molecule has 1 aliphatic rings. The summed E-state index contributed by atoms with van der Waals surface area (Å²) in [5.74, 6) is 2.58. The lowest BCUT2D eigenvalue weighted by atomic mass is 10.1. The summed E-state index contributed by atoms with van der Waals surface area (Å²) in [5.41, 5.74) is 4.18. The normalized spacial score (nSPS) is 16.7. The summed E-state index contributed by atoms with van der Waals surface area (Å²) in [6, 6.07) is 8.46. The molecule has 0 bridgehead atoms. The van der Waals surface area contributed by atoms with Crippen molar-refractivity contribution in [1.82, 2.24) is 15.6 Å². The molecule has 0 aliphatic carbocycles. The number of aliphatic imine (C=N–C) groups is 1. The summed E-state index contributed by atoms with van der Waals surface area (Å²) < 4.78 is 11.0. The van der Waals surface area contributed by atoms with Gasteiger partial charge in [0, 0.05) is 43.5 Å². The Hall–Kier alpha value is -2.96. The lowest BCUT2D eigenvalue weighted by Crippen LogP contribution is -2.44. The molecule has 1 saturated heterocycles. The lowest BCUT2D eigenvalue weighted by molar-refractivity contribution is 0.406. The van der Waals surface area contributed by atoms with E-state index in [4.69, 9.17) is 9.47 Å². The van der Waals surface area contributed by atoms with Gasteiger partial charge in [0.15, 0.2) is 5.96 Å². The van der Waals surface area contributed by atoms with Crippen molar-refractivity contribution < 1.29 is 9.47 Å². The molecule has 1 aromatic heterocycles. The molecule has 0 spiro atoms. The van der Waals surface area contributed by atoms with E-state index in [2.05, 4.69) is 31.6 Å². The minimum absolute atomic E-state index is 0.313. The van der Waals surface area contributed by atoms with E-state index in [9.17, 15) is 0 Å². The summed E-state index contributed by atoms with van der Waals surface area (Å²) >= 11 is 0. The largest absolute Gasteiger partial charge is 0.496 e. The zero-order chi connectivity index (χ0) is 20.8. The van der Waals surface area contributed by atoms with Crippen molar-refractivity contribution in [2.75, 3.05) is 39.3 Å².